The summed E-state index contributed by atoms with van der Waals surface area (Å²) in [5, 5.41) is 0. The molecule has 0 aromatic rings. The molecule has 0 N–H and O–H groups in total. The molecule has 0 amide bonds. The third kappa shape index (κ3) is 1.24. The third-order valence-corrected chi connectivity index (χ3v) is 1.71. The van der Waals surface area contributed by atoms with Gasteiger partial charge in [-0.25, -0.2) is 9.59 Å². The van der Waals surface area contributed by atoms with Gasteiger partial charge >= 0.3 is 0 Å². The van der Waals surface area contributed by atoms with Crippen molar-refractivity contribution in [1.82, 2.24) is 0 Å². The number of hydrogen-bond donors (Lipinski definition) is 0. The highest BCUT2D eigenvalue weighted by Gasteiger charge is 2.12. The lowest BCUT2D eigenvalue weighted by Gasteiger charge is -2.09. The Balaban J connectivity index is 2.89. The van der Waals surface area contributed by atoms with Gasteiger partial charge in [0.1, 0.15) is 11.9 Å². The molecule has 0 radical (unpaired) electrons. The van der Waals surface area contributed by atoms with E-state index in [0.717, 1.165) is 12.8 Å². The zero-order valence-corrected chi connectivity index (χ0v) is 5.64. The second-order valence-electron chi connectivity index (χ2n) is 2.37. The molecule has 1 saturated carbocycles. The highest BCUT2D eigenvalue weighted by Crippen LogP contribution is 2.23. The summed E-state index contributed by atoms with van der Waals surface area (Å²) in [6.45, 7) is 0. The molecule has 52 valence electrons. The van der Waals surface area contributed by atoms with E-state index in [9.17, 15) is 9.59 Å². The number of rotatable bonds is 0. The van der Waals surface area contributed by atoms with E-state index in [4.69, 9.17) is 0 Å². The van der Waals surface area contributed by atoms with Gasteiger partial charge in [0.25, 0.3) is 0 Å². The first-order valence-corrected chi connectivity index (χ1v) is 3.37. The van der Waals surface area contributed by atoms with Crippen LogP contribution in [0.5, 0.6) is 0 Å². The summed E-state index contributed by atoms with van der Waals surface area (Å²) in [7, 11) is 0. The van der Waals surface area contributed by atoms with Crippen molar-refractivity contribution in [3.63, 3.8) is 0 Å². The monoisotopic (exact) mass is 136 g/mol. The van der Waals surface area contributed by atoms with Gasteiger partial charge in [0.2, 0.25) is 0 Å². The molecule has 0 aromatic heterocycles. The van der Waals surface area contributed by atoms with Crippen LogP contribution in [-0.4, -0.2) is 11.9 Å². The third-order valence-electron chi connectivity index (χ3n) is 1.71. The molecule has 1 rings (SSSR count). The van der Waals surface area contributed by atoms with E-state index in [1.165, 1.54) is 0 Å². The maximum absolute atomic E-state index is 10.2. The van der Waals surface area contributed by atoms with Crippen molar-refractivity contribution in [2.75, 3.05) is 0 Å². The van der Waals surface area contributed by atoms with E-state index >= 15 is 0 Å². The van der Waals surface area contributed by atoms with Gasteiger partial charge in [-0.2, -0.15) is 0 Å². The Kier molecular flexibility index (Phi) is 2.22. The maximum Gasteiger partial charge on any atom is 0.128 e. The molecule has 0 unspecified atom stereocenters. The van der Waals surface area contributed by atoms with Crippen molar-refractivity contribution in [2.45, 2.75) is 25.7 Å². The molecular formula is C8H8O2. The van der Waals surface area contributed by atoms with E-state index in [1.807, 2.05) is 0 Å². The zero-order chi connectivity index (χ0) is 7.40. The first kappa shape index (κ1) is 7.01. The van der Waals surface area contributed by atoms with Gasteiger partial charge < -0.3 is 0 Å². The molecule has 0 aliphatic heterocycles. The number of hydrogen-bond acceptors (Lipinski definition) is 2. The largest absolute Gasteiger partial charge is 0.233 e. The Bertz CT molecular complexity index is 202. The van der Waals surface area contributed by atoms with Gasteiger partial charge in [-0.3, -0.25) is 0 Å². The molecule has 0 spiro atoms. The summed E-state index contributed by atoms with van der Waals surface area (Å²) in [5.74, 6) is 3.54. The fraction of sp³-hybridized carbons (Fsp3) is 0.500. The first-order chi connectivity index (χ1) is 4.88. The standard InChI is InChI=1S/C8H8O2/c9-5-7-3-1-2-4-8(7)6-10/h1-4H2. The Morgan fingerprint density at radius 2 is 1.30 bits per heavy atom. The molecule has 0 saturated heterocycles. The summed E-state index contributed by atoms with van der Waals surface area (Å²) >= 11 is 0. The average molecular weight is 136 g/mol. The Morgan fingerprint density at radius 3 is 1.60 bits per heavy atom. The maximum atomic E-state index is 10.2. The topological polar surface area (TPSA) is 34.1 Å². The minimum Gasteiger partial charge on any atom is -0.233 e. The summed E-state index contributed by atoms with van der Waals surface area (Å²) in [6, 6.07) is 0. The first-order valence-electron chi connectivity index (χ1n) is 3.37. The summed E-state index contributed by atoms with van der Waals surface area (Å²) in [6.07, 6.45) is 3.40. The van der Waals surface area contributed by atoms with Crippen molar-refractivity contribution in [3.05, 3.63) is 11.1 Å². The van der Waals surface area contributed by atoms with Crippen LogP contribution in [0.15, 0.2) is 11.1 Å². The molecule has 10 heavy (non-hydrogen) atoms. The minimum absolute atomic E-state index is 0.529. The van der Waals surface area contributed by atoms with Crippen molar-refractivity contribution >= 4 is 11.9 Å². The highest BCUT2D eigenvalue weighted by molar-refractivity contribution is 5.71. The Labute approximate surface area is 59.2 Å². The lowest BCUT2D eigenvalue weighted by Crippen LogP contribution is -1.99. The van der Waals surface area contributed by atoms with Crippen molar-refractivity contribution in [3.8, 4) is 0 Å². The smallest absolute Gasteiger partial charge is 0.128 e. The fourth-order valence-corrected chi connectivity index (χ4v) is 1.13. The fourth-order valence-electron chi connectivity index (χ4n) is 1.13. The predicted octanol–water partition coefficient (Wildman–Crippen LogP) is 1.08. The van der Waals surface area contributed by atoms with Gasteiger partial charge in [-0.1, -0.05) is 0 Å². The second kappa shape index (κ2) is 3.17. The van der Waals surface area contributed by atoms with Crippen LogP contribution >= 0.6 is 0 Å². The van der Waals surface area contributed by atoms with E-state index in [0.29, 0.717) is 24.0 Å². The van der Waals surface area contributed by atoms with E-state index in [1.54, 1.807) is 11.9 Å². The number of carbonyl (C=O) groups excluding carboxylic acids is 2. The summed E-state index contributed by atoms with van der Waals surface area (Å²) in [5.41, 5.74) is 1.06. The summed E-state index contributed by atoms with van der Waals surface area (Å²) < 4.78 is 0. The SMILES string of the molecule is O=C=C1CCCCC1=C=O. The van der Waals surface area contributed by atoms with Crippen LogP contribution in [-0.2, 0) is 9.59 Å². The molecule has 1 aliphatic carbocycles. The van der Waals surface area contributed by atoms with Gasteiger partial charge in [0.05, 0.1) is 11.1 Å². The van der Waals surface area contributed by atoms with Crippen LogP contribution in [0.25, 0.3) is 0 Å². The molecule has 0 heterocycles. The minimum atomic E-state index is 0.529. The quantitative estimate of drug-likeness (QED) is 0.467. The molecular weight excluding hydrogens is 128 g/mol. The second-order valence-corrected chi connectivity index (χ2v) is 2.37. The van der Waals surface area contributed by atoms with Crippen LogP contribution in [0, 0.1) is 0 Å². The molecule has 2 nitrogen and oxygen atoms in total. The average Bonchev–Trinajstić information content (AvgIpc) is 2.04. The van der Waals surface area contributed by atoms with E-state index < -0.39 is 0 Å². The highest BCUT2D eigenvalue weighted by atomic mass is 16.1. The number of allylic oxidation sites excluding steroid dienone is 2. The van der Waals surface area contributed by atoms with Gasteiger partial charge in [0.15, 0.2) is 0 Å². The van der Waals surface area contributed by atoms with E-state index in [2.05, 4.69) is 0 Å². The molecule has 1 fully saturated rings. The van der Waals surface area contributed by atoms with Crippen molar-refractivity contribution in [1.29, 1.82) is 0 Å². The van der Waals surface area contributed by atoms with E-state index in [-0.39, 0.29) is 0 Å². The zero-order valence-electron chi connectivity index (χ0n) is 5.64. The van der Waals surface area contributed by atoms with Crippen LogP contribution < -0.4 is 0 Å². The molecule has 2 heteroatoms. The van der Waals surface area contributed by atoms with Crippen LogP contribution in [0.1, 0.15) is 25.7 Å². The van der Waals surface area contributed by atoms with Gasteiger partial charge in [0, 0.05) is 0 Å². The molecule has 0 bridgehead atoms. The normalized spacial score (nSPS) is 18.0. The summed E-state index contributed by atoms with van der Waals surface area (Å²) in [4.78, 5) is 20.3. The van der Waals surface area contributed by atoms with Crippen molar-refractivity contribution < 1.29 is 9.59 Å². The molecule has 0 aromatic carbocycles. The van der Waals surface area contributed by atoms with Crippen LogP contribution in [0.2, 0.25) is 0 Å². The van der Waals surface area contributed by atoms with Crippen molar-refractivity contribution in [2.24, 2.45) is 0 Å². The predicted molar refractivity (Wildman–Crippen MR) is 36.9 cm³/mol. The lowest BCUT2D eigenvalue weighted by molar-refractivity contribution is 0.556. The molecule has 0 atom stereocenters. The molecule has 1 aliphatic rings. The van der Waals surface area contributed by atoms with Crippen LogP contribution in [0.3, 0.4) is 0 Å². The van der Waals surface area contributed by atoms with Crippen LogP contribution in [0.4, 0.5) is 0 Å². The Morgan fingerprint density at radius 1 is 0.900 bits per heavy atom. The Hall–Kier alpha value is -1.10. The van der Waals surface area contributed by atoms with Gasteiger partial charge in [-0.05, 0) is 25.7 Å². The van der Waals surface area contributed by atoms with Gasteiger partial charge in [-0.15, -0.1) is 0 Å². The lowest BCUT2D eigenvalue weighted by atomic mass is 9.92.